The van der Waals surface area contributed by atoms with Gasteiger partial charge in [-0.2, -0.15) is 10.2 Å². The minimum atomic E-state index is -0.549. The largest absolute Gasteiger partial charge is 0.450 e. The van der Waals surface area contributed by atoms with Gasteiger partial charge in [0.25, 0.3) is 0 Å². The van der Waals surface area contributed by atoms with Crippen LogP contribution in [0.4, 0.5) is 10.5 Å². The second-order valence-electron chi connectivity index (χ2n) is 8.07. The van der Waals surface area contributed by atoms with Crippen molar-refractivity contribution in [2.45, 2.75) is 40.3 Å². The molecular weight excluding hydrogens is 450 g/mol. The monoisotopic (exact) mass is 479 g/mol. The lowest BCUT2D eigenvalue weighted by atomic mass is 10.1. The van der Waals surface area contributed by atoms with Gasteiger partial charge in [0.2, 0.25) is 11.8 Å². The molecule has 2 aromatic rings. The summed E-state index contributed by atoms with van der Waals surface area (Å²) in [5.74, 6) is -0.625. The molecule has 1 N–H and O–H groups in total. The molecule has 0 radical (unpaired) electrons. The highest BCUT2D eigenvalue weighted by Gasteiger charge is 2.29. The molecule has 3 rings (SSSR count). The Morgan fingerprint density at radius 2 is 1.82 bits per heavy atom. The predicted octanol–water partition coefficient (Wildman–Crippen LogP) is 2.18. The van der Waals surface area contributed by atoms with E-state index in [0.29, 0.717) is 55.7 Å². The van der Waals surface area contributed by atoms with E-state index in [1.807, 2.05) is 0 Å². The summed E-state index contributed by atoms with van der Waals surface area (Å²) < 4.78 is 8.19. The van der Waals surface area contributed by atoms with Crippen LogP contribution in [0, 0.1) is 12.8 Å². The standard InChI is InChI=1S/C21H30ClN7O4/c1-5-33-21(32)27-8-6-26(7-9-27)20(31)16(4)29-13-18(15(3)25-29)24-19(30)14(2)11-28-12-17(22)10-23-28/h10,12-14,16H,5-9,11H2,1-4H3,(H,24,30). The van der Waals surface area contributed by atoms with Gasteiger partial charge in [-0.1, -0.05) is 18.5 Å². The van der Waals surface area contributed by atoms with Crippen LogP contribution in [-0.4, -0.2) is 80.1 Å². The number of ether oxygens (including phenoxy) is 1. The Kier molecular flexibility index (Phi) is 7.96. The molecule has 0 aliphatic carbocycles. The average Bonchev–Trinajstić information content (AvgIpc) is 3.37. The number of piperazine rings is 1. The summed E-state index contributed by atoms with van der Waals surface area (Å²) in [7, 11) is 0. The van der Waals surface area contributed by atoms with Gasteiger partial charge >= 0.3 is 6.09 Å². The van der Waals surface area contributed by atoms with Gasteiger partial charge in [-0.25, -0.2) is 4.79 Å². The number of rotatable bonds is 7. The highest BCUT2D eigenvalue weighted by atomic mass is 35.5. The molecule has 1 aliphatic rings. The molecule has 2 unspecified atom stereocenters. The van der Waals surface area contributed by atoms with Gasteiger partial charge in [0, 0.05) is 38.6 Å². The van der Waals surface area contributed by atoms with Gasteiger partial charge in [0.15, 0.2) is 0 Å². The van der Waals surface area contributed by atoms with Crippen molar-refractivity contribution in [1.29, 1.82) is 0 Å². The fraction of sp³-hybridized carbons (Fsp3) is 0.571. The molecule has 1 aliphatic heterocycles. The SMILES string of the molecule is CCOC(=O)N1CCN(C(=O)C(C)n2cc(NC(=O)C(C)Cn3cc(Cl)cn3)c(C)n2)CC1. The maximum Gasteiger partial charge on any atom is 0.409 e. The summed E-state index contributed by atoms with van der Waals surface area (Å²) in [6.45, 7) is 9.53. The van der Waals surface area contributed by atoms with Crippen molar-refractivity contribution in [1.82, 2.24) is 29.4 Å². The smallest absolute Gasteiger partial charge is 0.409 e. The highest BCUT2D eigenvalue weighted by Crippen LogP contribution is 2.20. The van der Waals surface area contributed by atoms with E-state index in [9.17, 15) is 14.4 Å². The number of aromatic nitrogens is 4. The van der Waals surface area contributed by atoms with Crippen LogP contribution in [-0.2, 0) is 20.9 Å². The maximum atomic E-state index is 13.0. The second kappa shape index (κ2) is 10.7. The first kappa shape index (κ1) is 24.6. The third-order valence-electron chi connectivity index (χ3n) is 5.56. The van der Waals surface area contributed by atoms with Gasteiger partial charge < -0.3 is 19.9 Å². The summed E-state index contributed by atoms with van der Waals surface area (Å²) >= 11 is 5.87. The minimum absolute atomic E-state index is 0.0946. The van der Waals surface area contributed by atoms with E-state index in [1.54, 1.807) is 59.3 Å². The quantitative estimate of drug-likeness (QED) is 0.650. The topological polar surface area (TPSA) is 115 Å². The fourth-order valence-corrected chi connectivity index (χ4v) is 3.72. The third-order valence-corrected chi connectivity index (χ3v) is 5.75. The number of halogens is 1. The lowest BCUT2D eigenvalue weighted by Gasteiger charge is -2.35. The number of anilines is 1. The van der Waals surface area contributed by atoms with Crippen molar-refractivity contribution in [2.75, 3.05) is 38.1 Å². The maximum absolute atomic E-state index is 13.0. The number of carbonyl (C=O) groups is 3. The van der Waals surface area contributed by atoms with E-state index >= 15 is 0 Å². The van der Waals surface area contributed by atoms with E-state index in [1.165, 1.54) is 6.20 Å². The summed E-state index contributed by atoms with van der Waals surface area (Å²) in [4.78, 5) is 40.8. The van der Waals surface area contributed by atoms with Crippen molar-refractivity contribution >= 4 is 35.2 Å². The van der Waals surface area contributed by atoms with Crippen LogP contribution in [0.5, 0.6) is 0 Å². The number of hydrogen-bond acceptors (Lipinski definition) is 6. The second-order valence-corrected chi connectivity index (χ2v) is 8.50. The Morgan fingerprint density at radius 1 is 1.15 bits per heavy atom. The van der Waals surface area contributed by atoms with Crippen LogP contribution >= 0.6 is 11.6 Å². The summed E-state index contributed by atoms with van der Waals surface area (Å²) in [6, 6.07) is -0.549. The van der Waals surface area contributed by atoms with Crippen molar-refractivity contribution in [3.63, 3.8) is 0 Å². The Balaban J connectivity index is 1.57. The molecule has 0 spiro atoms. The van der Waals surface area contributed by atoms with Gasteiger partial charge in [-0.15, -0.1) is 0 Å². The molecule has 2 aromatic heterocycles. The van der Waals surface area contributed by atoms with Crippen molar-refractivity contribution < 1.29 is 19.1 Å². The Bertz CT molecular complexity index is 997. The van der Waals surface area contributed by atoms with Gasteiger partial charge in [0.1, 0.15) is 6.04 Å². The first-order valence-corrected chi connectivity index (χ1v) is 11.3. The number of hydrogen-bond donors (Lipinski definition) is 1. The van der Waals surface area contributed by atoms with Crippen LogP contribution in [0.1, 0.15) is 32.5 Å². The van der Waals surface area contributed by atoms with Crippen LogP contribution in [0.25, 0.3) is 0 Å². The van der Waals surface area contributed by atoms with Crippen LogP contribution in [0.15, 0.2) is 18.6 Å². The predicted molar refractivity (Wildman–Crippen MR) is 122 cm³/mol. The molecule has 3 heterocycles. The van der Waals surface area contributed by atoms with Gasteiger partial charge in [0.05, 0.1) is 41.7 Å². The molecule has 180 valence electrons. The van der Waals surface area contributed by atoms with E-state index in [4.69, 9.17) is 16.3 Å². The molecule has 12 heteroatoms. The Morgan fingerprint density at radius 3 is 2.42 bits per heavy atom. The lowest BCUT2D eigenvalue weighted by molar-refractivity contribution is -0.136. The van der Waals surface area contributed by atoms with Crippen molar-refractivity contribution in [3.8, 4) is 0 Å². The molecule has 0 saturated carbocycles. The molecule has 11 nitrogen and oxygen atoms in total. The number of nitrogens with one attached hydrogen (secondary N) is 1. The zero-order chi connectivity index (χ0) is 24.1. The van der Waals surface area contributed by atoms with Crippen LogP contribution < -0.4 is 5.32 Å². The molecule has 0 bridgehead atoms. The van der Waals surface area contributed by atoms with Crippen LogP contribution in [0.2, 0.25) is 5.02 Å². The van der Waals surface area contributed by atoms with E-state index in [2.05, 4.69) is 15.5 Å². The number of nitrogens with zero attached hydrogens (tertiary/aromatic N) is 6. The highest BCUT2D eigenvalue weighted by molar-refractivity contribution is 6.30. The van der Waals surface area contributed by atoms with E-state index < -0.39 is 6.04 Å². The Labute approximate surface area is 197 Å². The van der Waals surface area contributed by atoms with E-state index in [0.717, 1.165) is 0 Å². The first-order valence-electron chi connectivity index (χ1n) is 10.9. The molecule has 33 heavy (non-hydrogen) atoms. The average molecular weight is 480 g/mol. The molecular formula is C21H30ClN7O4. The number of aryl methyl sites for hydroxylation is 1. The van der Waals surface area contributed by atoms with Crippen molar-refractivity contribution in [2.24, 2.45) is 5.92 Å². The van der Waals surface area contributed by atoms with Crippen molar-refractivity contribution in [3.05, 3.63) is 29.3 Å². The normalized spacial score (nSPS) is 15.8. The van der Waals surface area contributed by atoms with Gasteiger partial charge in [-0.3, -0.25) is 19.0 Å². The Hall–Kier alpha value is -3.08. The zero-order valence-electron chi connectivity index (χ0n) is 19.3. The molecule has 3 amide bonds. The lowest BCUT2D eigenvalue weighted by Crippen LogP contribution is -2.52. The zero-order valence-corrected chi connectivity index (χ0v) is 20.1. The summed E-state index contributed by atoms with van der Waals surface area (Å²) in [6.07, 6.45) is 4.50. The molecule has 2 atom stereocenters. The molecule has 0 aromatic carbocycles. The van der Waals surface area contributed by atoms with E-state index in [-0.39, 0.29) is 23.8 Å². The number of carbonyl (C=O) groups excluding carboxylic acids is 3. The van der Waals surface area contributed by atoms with Gasteiger partial charge in [-0.05, 0) is 20.8 Å². The first-order chi connectivity index (χ1) is 15.7. The summed E-state index contributed by atoms with van der Waals surface area (Å²) in [5.41, 5.74) is 1.17. The molecule has 1 fully saturated rings. The number of amides is 3. The van der Waals surface area contributed by atoms with Crippen LogP contribution in [0.3, 0.4) is 0 Å². The third kappa shape index (κ3) is 6.04. The fourth-order valence-electron chi connectivity index (χ4n) is 3.56. The summed E-state index contributed by atoms with van der Waals surface area (Å²) in [5, 5.41) is 11.9. The minimum Gasteiger partial charge on any atom is -0.450 e. The molecule has 1 saturated heterocycles.